The molecule has 3 heterocycles. The van der Waals surface area contributed by atoms with Gasteiger partial charge in [-0.05, 0) is 12.1 Å². The molecule has 7 heteroatoms. The van der Waals surface area contributed by atoms with Gasteiger partial charge < -0.3 is 19.4 Å². The Hall–Kier alpha value is -2.41. The molecule has 0 spiro atoms. The van der Waals surface area contributed by atoms with Gasteiger partial charge in [0.1, 0.15) is 5.65 Å². The Labute approximate surface area is 127 Å². The summed E-state index contributed by atoms with van der Waals surface area (Å²) in [5.41, 5.74) is 1.34. The third-order valence-corrected chi connectivity index (χ3v) is 3.77. The third kappa shape index (κ3) is 2.94. The van der Waals surface area contributed by atoms with E-state index < -0.39 is 0 Å². The summed E-state index contributed by atoms with van der Waals surface area (Å²) in [7, 11) is 1.60. The molecule has 116 valence electrons. The Balaban J connectivity index is 1.63. The fraction of sp³-hybridized carbons (Fsp3) is 0.400. The first-order valence-corrected chi connectivity index (χ1v) is 7.17. The molecule has 2 amide bonds. The molecule has 0 aromatic carbocycles. The normalized spacial score (nSPS) is 18.1. The zero-order valence-corrected chi connectivity index (χ0v) is 12.4. The minimum absolute atomic E-state index is 0.0485. The highest BCUT2D eigenvalue weighted by atomic mass is 16.5. The smallest absolute Gasteiger partial charge is 0.253 e. The van der Waals surface area contributed by atoms with Crippen LogP contribution < -0.4 is 5.32 Å². The summed E-state index contributed by atoms with van der Waals surface area (Å²) in [6, 6.07) is 3.37. The van der Waals surface area contributed by atoms with Gasteiger partial charge in [-0.3, -0.25) is 9.59 Å². The summed E-state index contributed by atoms with van der Waals surface area (Å²) in [5.74, 6) is -0.130. The Morgan fingerprint density at radius 3 is 3.18 bits per heavy atom. The minimum Gasteiger partial charge on any atom is -0.383 e. The van der Waals surface area contributed by atoms with Crippen LogP contribution in [0, 0.1) is 0 Å². The van der Waals surface area contributed by atoms with Crippen LogP contribution in [0.2, 0.25) is 0 Å². The number of hydrogen-bond donors (Lipinski definition) is 1. The maximum absolute atomic E-state index is 12.3. The molecule has 0 radical (unpaired) electrons. The number of imidazole rings is 1. The number of ether oxygens (including phenoxy) is 1. The molecule has 1 saturated heterocycles. The van der Waals surface area contributed by atoms with Gasteiger partial charge in [0.15, 0.2) is 0 Å². The van der Waals surface area contributed by atoms with Gasteiger partial charge in [-0.25, -0.2) is 4.98 Å². The van der Waals surface area contributed by atoms with Gasteiger partial charge in [0.05, 0.1) is 18.2 Å². The van der Waals surface area contributed by atoms with Crippen LogP contribution in [0.3, 0.4) is 0 Å². The molecule has 2 aromatic heterocycles. The number of likely N-dealkylation sites (tertiary alicyclic amines) is 1. The second-order valence-electron chi connectivity index (χ2n) is 5.32. The topological polar surface area (TPSA) is 75.9 Å². The number of aromatic nitrogens is 2. The van der Waals surface area contributed by atoms with E-state index in [9.17, 15) is 9.59 Å². The van der Waals surface area contributed by atoms with Crippen LogP contribution in [0.15, 0.2) is 30.7 Å². The molecule has 3 rings (SSSR count). The van der Waals surface area contributed by atoms with Crippen LogP contribution in [0.4, 0.5) is 0 Å². The van der Waals surface area contributed by atoms with E-state index in [0.717, 1.165) is 5.65 Å². The predicted octanol–water partition coefficient (Wildman–Crippen LogP) is 0.311. The van der Waals surface area contributed by atoms with Crippen molar-refractivity contribution in [1.82, 2.24) is 19.6 Å². The van der Waals surface area contributed by atoms with Crippen LogP contribution >= 0.6 is 0 Å². The average Bonchev–Trinajstić information content (AvgIpc) is 3.10. The lowest BCUT2D eigenvalue weighted by Crippen LogP contribution is -2.37. The van der Waals surface area contributed by atoms with Crippen molar-refractivity contribution >= 4 is 17.5 Å². The maximum Gasteiger partial charge on any atom is 0.253 e. The highest BCUT2D eigenvalue weighted by Gasteiger charge is 2.30. The zero-order chi connectivity index (χ0) is 15.5. The van der Waals surface area contributed by atoms with E-state index in [1.807, 2.05) is 0 Å². The molecule has 1 unspecified atom stereocenters. The number of nitrogens with one attached hydrogen (secondary N) is 1. The van der Waals surface area contributed by atoms with Gasteiger partial charge in [-0.2, -0.15) is 0 Å². The van der Waals surface area contributed by atoms with E-state index in [0.29, 0.717) is 31.7 Å². The van der Waals surface area contributed by atoms with E-state index in [1.54, 1.807) is 47.1 Å². The lowest BCUT2D eigenvalue weighted by atomic mass is 10.2. The van der Waals surface area contributed by atoms with Crippen molar-refractivity contribution in [2.45, 2.75) is 12.5 Å². The van der Waals surface area contributed by atoms with Crippen molar-refractivity contribution in [2.24, 2.45) is 0 Å². The molecule has 1 atom stereocenters. The standard InChI is InChI=1S/C15H18N4O3/c1-22-7-6-19-10-12(8-14(19)20)17-15(21)11-2-3-13-16-4-5-18(13)9-11/h2-5,9,12H,6-8,10H2,1H3,(H,17,21). The third-order valence-electron chi connectivity index (χ3n) is 3.77. The first kappa shape index (κ1) is 14.5. The molecule has 0 bridgehead atoms. The lowest BCUT2D eigenvalue weighted by molar-refractivity contribution is -0.128. The van der Waals surface area contributed by atoms with Gasteiger partial charge in [0.2, 0.25) is 5.91 Å². The lowest BCUT2D eigenvalue weighted by Gasteiger charge is -2.16. The van der Waals surface area contributed by atoms with Crippen molar-refractivity contribution < 1.29 is 14.3 Å². The largest absolute Gasteiger partial charge is 0.383 e. The van der Waals surface area contributed by atoms with Gasteiger partial charge in [0.25, 0.3) is 5.91 Å². The molecule has 7 nitrogen and oxygen atoms in total. The molecule has 1 aliphatic heterocycles. The van der Waals surface area contributed by atoms with Gasteiger partial charge in [-0.1, -0.05) is 0 Å². The van der Waals surface area contributed by atoms with Crippen LogP contribution in [-0.4, -0.2) is 58.9 Å². The Bertz CT molecular complexity index is 697. The molecular formula is C15H18N4O3. The van der Waals surface area contributed by atoms with E-state index in [4.69, 9.17) is 4.74 Å². The predicted molar refractivity (Wildman–Crippen MR) is 79.5 cm³/mol. The fourth-order valence-electron chi connectivity index (χ4n) is 2.61. The molecular weight excluding hydrogens is 284 g/mol. The number of nitrogens with zero attached hydrogens (tertiary/aromatic N) is 3. The number of methoxy groups -OCH3 is 1. The number of carbonyl (C=O) groups excluding carboxylic acids is 2. The Kier molecular flexibility index (Phi) is 4.06. The number of carbonyl (C=O) groups is 2. The average molecular weight is 302 g/mol. The first-order valence-electron chi connectivity index (χ1n) is 7.17. The number of pyridine rings is 1. The summed E-state index contributed by atoms with van der Waals surface area (Å²) in [6.07, 6.45) is 5.54. The number of fused-ring (bicyclic) bond motifs is 1. The second kappa shape index (κ2) is 6.15. The molecule has 1 fully saturated rings. The summed E-state index contributed by atoms with van der Waals surface area (Å²) in [6.45, 7) is 1.59. The van der Waals surface area contributed by atoms with Gasteiger partial charge >= 0.3 is 0 Å². The van der Waals surface area contributed by atoms with Gasteiger partial charge in [0, 0.05) is 45.2 Å². The van der Waals surface area contributed by atoms with E-state index >= 15 is 0 Å². The van der Waals surface area contributed by atoms with Crippen LogP contribution in [0.5, 0.6) is 0 Å². The molecule has 1 N–H and O–H groups in total. The molecule has 22 heavy (non-hydrogen) atoms. The number of hydrogen-bond acceptors (Lipinski definition) is 4. The highest BCUT2D eigenvalue weighted by Crippen LogP contribution is 2.12. The minimum atomic E-state index is -0.179. The highest BCUT2D eigenvalue weighted by molar-refractivity contribution is 5.95. The number of rotatable bonds is 5. The van der Waals surface area contributed by atoms with Crippen molar-refractivity contribution in [3.05, 3.63) is 36.3 Å². The van der Waals surface area contributed by atoms with Crippen molar-refractivity contribution in [3.8, 4) is 0 Å². The van der Waals surface area contributed by atoms with Crippen LogP contribution in [0.1, 0.15) is 16.8 Å². The van der Waals surface area contributed by atoms with Crippen molar-refractivity contribution in [3.63, 3.8) is 0 Å². The second-order valence-corrected chi connectivity index (χ2v) is 5.32. The van der Waals surface area contributed by atoms with E-state index in [1.165, 1.54) is 0 Å². The molecule has 0 aliphatic carbocycles. The van der Waals surface area contributed by atoms with E-state index in [2.05, 4.69) is 10.3 Å². The fourth-order valence-corrected chi connectivity index (χ4v) is 2.61. The van der Waals surface area contributed by atoms with E-state index in [-0.39, 0.29) is 17.9 Å². The Morgan fingerprint density at radius 1 is 1.50 bits per heavy atom. The summed E-state index contributed by atoms with van der Waals surface area (Å²) < 4.78 is 6.77. The summed E-state index contributed by atoms with van der Waals surface area (Å²) in [5, 5.41) is 2.91. The SMILES string of the molecule is COCCN1CC(NC(=O)c2ccc3nccn3c2)CC1=O. The summed E-state index contributed by atoms with van der Waals surface area (Å²) in [4.78, 5) is 30.0. The Morgan fingerprint density at radius 2 is 2.36 bits per heavy atom. The molecule has 1 aliphatic rings. The van der Waals surface area contributed by atoms with Crippen LogP contribution in [0.25, 0.3) is 5.65 Å². The molecule has 0 saturated carbocycles. The molecule has 2 aromatic rings. The van der Waals surface area contributed by atoms with Crippen molar-refractivity contribution in [1.29, 1.82) is 0 Å². The first-order chi connectivity index (χ1) is 10.7. The van der Waals surface area contributed by atoms with Crippen LogP contribution in [-0.2, 0) is 9.53 Å². The maximum atomic E-state index is 12.3. The number of amides is 2. The quantitative estimate of drug-likeness (QED) is 0.862. The summed E-state index contributed by atoms with van der Waals surface area (Å²) >= 11 is 0. The van der Waals surface area contributed by atoms with Crippen molar-refractivity contribution in [2.75, 3.05) is 26.8 Å². The zero-order valence-electron chi connectivity index (χ0n) is 12.4. The monoisotopic (exact) mass is 302 g/mol. The van der Waals surface area contributed by atoms with Gasteiger partial charge in [-0.15, -0.1) is 0 Å².